The zero-order valence-electron chi connectivity index (χ0n) is 18.9. The van der Waals surface area contributed by atoms with Crippen LogP contribution in [-0.2, 0) is 10.8 Å². The molecule has 2 heteroatoms. The maximum atomic E-state index is 12.2. The molecule has 0 bridgehead atoms. The van der Waals surface area contributed by atoms with Crippen LogP contribution in [0.4, 0.5) is 0 Å². The van der Waals surface area contributed by atoms with Crippen molar-refractivity contribution < 1.29 is 4.79 Å². The number of amides is 1. The molecular weight excluding hydrogens is 354 g/mol. The Kier molecular flexibility index (Phi) is 5.76. The molecule has 0 unspecified atom stereocenters. The first-order chi connectivity index (χ1) is 13.6. The van der Waals surface area contributed by atoms with Gasteiger partial charge in [-0.15, -0.1) is 0 Å². The van der Waals surface area contributed by atoms with E-state index < -0.39 is 0 Å². The average molecular weight is 390 g/mol. The van der Waals surface area contributed by atoms with Crippen molar-refractivity contribution in [2.24, 2.45) is 0 Å². The van der Waals surface area contributed by atoms with Gasteiger partial charge in [-0.1, -0.05) is 65.5 Å². The van der Waals surface area contributed by atoms with Crippen molar-refractivity contribution in [3.05, 3.63) is 76.4 Å². The van der Waals surface area contributed by atoms with Crippen molar-refractivity contribution in [3.8, 4) is 0 Å². The molecule has 0 radical (unpaired) electrons. The second-order valence-electron chi connectivity index (χ2n) is 9.79. The summed E-state index contributed by atoms with van der Waals surface area (Å²) in [4.78, 5) is 12.2. The molecular formula is C27H35NO. The second-order valence-corrected chi connectivity index (χ2v) is 9.79. The lowest BCUT2D eigenvalue weighted by Crippen LogP contribution is -2.34. The molecule has 0 atom stereocenters. The summed E-state index contributed by atoms with van der Waals surface area (Å²) >= 11 is 0. The second kappa shape index (κ2) is 7.82. The largest absolute Gasteiger partial charge is 0.352 e. The van der Waals surface area contributed by atoms with Gasteiger partial charge in [0, 0.05) is 12.1 Å². The Morgan fingerprint density at radius 2 is 1.48 bits per heavy atom. The third kappa shape index (κ3) is 4.17. The maximum absolute atomic E-state index is 12.2. The third-order valence-corrected chi connectivity index (χ3v) is 6.55. The third-order valence-electron chi connectivity index (χ3n) is 6.55. The predicted molar refractivity (Wildman–Crippen MR) is 124 cm³/mol. The number of nitrogens with one attached hydrogen (secondary N) is 1. The number of aryl methyl sites for hydroxylation is 1. The van der Waals surface area contributed by atoms with E-state index in [1.165, 1.54) is 35.1 Å². The molecule has 0 aliphatic heterocycles. The fourth-order valence-electron chi connectivity index (χ4n) is 4.37. The first-order valence-electron chi connectivity index (χ1n) is 10.8. The summed E-state index contributed by atoms with van der Waals surface area (Å²) in [5.41, 5.74) is 8.56. The zero-order valence-corrected chi connectivity index (χ0v) is 18.9. The predicted octanol–water partition coefficient (Wildman–Crippen LogP) is 6.55. The van der Waals surface area contributed by atoms with Gasteiger partial charge in [0.05, 0.1) is 0 Å². The van der Waals surface area contributed by atoms with E-state index >= 15 is 0 Å². The Bertz CT molecular complexity index is 932. The fraction of sp³-hybridized carbons (Fsp3) is 0.444. The van der Waals surface area contributed by atoms with Crippen molar-refractivity contribution >= 4 is 11.5 Å². The lowest BCUT2D eigenvalue weighted by molar-refractivity contribution is 0.0953. The number of carbonyl (C=O) groups excluding carboxylic acids is 1. The van der Waals surface area contributed by atoms with Crippen molar-refractivity contribution in [3.63, 3.8) is 0 Å². The van der Waals surface area contributed by atoms with Gasteiger partial charge in [0.15, 0.2) is 0 Å². The summed E-state index contributed by atoms with van der Waals surface area (Å²) in [5, 5.41) is 2.93. The highest BCUT2D eigenvalue weighted by molar-refractivity contribution is 5.94. The van der Waals surface area contributed by atoms with Gasteiger partial charge in [-0.2, -0.15) is 0 Å². The van der Waals surface area contributed by atoms with Gasteiger partial charge < -0.3 is 5.32 Å². The van der Waals surface area contributed by atoms with Gasteiger partial charge in [-0.25, -0.2) is 0 Å². The normalized spacial score (nSPS) is 16.8. The molecule has 0 heterocycles. The van der Waals surface area contributed by atoms with E-state index in [0.29, 0.717) is 12.1 Å². The Labute approximate surface area is 176 Å². The summed E-state index contributed by atoms with van der Waals surface area (Å²) in [5.74, 6) is -0.0158. The van der Waals surface area contributed by atoms with Crippen LogP contribution in [0.25, 0.3) is 5.57 Å². The highest BCUT2D eigenvalue weighted by atomic mass is 16.1. The standard InChI is InChI=1S/C27H35NO/c1-8-15-28-25(29)21-11-9-20(10-12-21)19(3)22-17-24-23(16-18(22)2)26(4,5)13-14-27(24,6)7/h9-12,16-17H,3,8,13-15H2,1-2,4-7H3,(H,28,29). The molecule has 1 amide bonds. The van der Waals surface area contributed by atoms with Gasteiger partial charge in [0.1, 0.15) is 0 Å². The summed E-state index contributed by atoms with van der Waals surface area (Å²) in [6.07, 6.45) is 3.35. The smallest absolute Gasteiger partial charge is 0.251 e. The molecule has 0 aromatic heterocycles. The average Bonchev–Trinajstić information content (AvgIpc) is 2.69. The van der Waals surface area contributed by atoms with E-state index in [2.05, 4.69) is 65.6 Å². The monoisotopic (exact) mass is 389 g/mol. The van der Waals surface area contributed by atoms with Gasteiger partial charge in [0.2, 0.25) is 0 Å². The topological polar surface area (TPSA) is 29.1 Å². The molecule has 0 saturated heterocycles. The van der Waals surface area contributed by atoms with Crippen molar-refractivity contribution in [1.82, 2.24) is 5.32 Å². The van der Waals surface area contributed by atoms with Crippen molar-refractivity contribution in [2.45, 2.75) is 71.6 Å². The number of benzene rings is 2. The van der Waals surface area contributed by atoms with Crippen LogP contribution >= 0.6 is 0 Å². The van der Waals surface area contributed by atoms with Crippen LogP contribution in [0.2, 0.25) is 0 Å². The summed E-state index contributed by atoms with van der Waals surface area (Å²) < 4.78 is 0. The van der Waals surface area contributed by atoms with Crippen molar-refractivity contribution in [2.75, 3.05) is 6.54 Å². The highest BCUT2D eigenvalue weighted by Crippen LogP contribution is 2.47. The Hall–Kier alpha value is -2.35. The minimum absolute atomic E-state index is 0.0158. The lowest BCUT2D eigenvalue weighted by atomic mass is 9.62. The van der Waals surface area contributed by atoms with Gasteiger partial charge in [0.25, 0.3) is 5.91 Å². The van der Waals surface area contributed by atoms with E-state index in [9.17, 15) is 4.79 Å². The quantitative estimate of drug-likeness (QED) is 0.617. The number of hydrogen-bond donors (Lipinski definition) is 1. The van der Waals surface area contributed by atoms with E-state index in [1.54, 1.807) is 0 Å². The van der Waals surface area contributed by atoms with E-state index in [-0.39, 0.29) is 16.7 Å². The number of carbonyl (C=O) groups is 1. The van der Waals surface area contributed by atoms with E-state index in [4.69, 9.17) is 0 Å². The Morgan fingerprint density at radius 1 is 0.966 bits per heavy atom. The SMILES string of the molecule is C=C(c1ccc(C(=O)NCCC)cc1)c1cc2c(cc1C)C(C)(C)CCC2(C)C. The van der Waals surface area contributed by atoms with Crippen molar-refractivity contribution in [1.29, 1.82) is 0 Å². The maximum Gasteiger partial charge on any atom is 0.251 e. The minimum Gasteiger partial charge on any atom is -0.352 e. The number of rotatable bonds is 5. The van der Waals surface area contributed by atoms with Crippen LogP contribution < -0.4 is 5.32 Å². The molecule has 0 fully saturated rings. The molecule has 2 aromatic rings. The first kappa shape index (κ1) is 21.4. The Morgan fingerprint density at radius 3 is 2.03 bits per heavy atom. The van der Waals surface area contributed by atoms with Crippen LogP contribution in [0.3, 0.4) is 0 Å². The highest BCUT2D eigenvalue weighted by Gasteiger charge is 2.37. The number of fused-ring (bicyclic) bond motifs is 1. The summed E-state index contributed by atoms with van der Waals surface area (Å²) in [6.45, 7) is 18.8. The van der Waals surface area contributed by atoms with Gasteiger partial charge in [-0.3, -0.25) is 4.79 Å². The van der Waals surface area contributed by atoms with Crippen LogP contribution in [-0.4, -0.2) is 12.5 Å². The number of hydrogen-bond acceptors (Lipinski definition) is 1. The Balaban J connectivity index is 1.95. The molecule has 1 aliphatic carbocycles. The van der Waals surface area contributed by atoms with Crippen LogP contribution in [0.5, 0.6) is 0 Å². The van der Waals surface area contributed by atoms with E-state index in [0.717, 1.165) is 17.6 Å². The molecule has 1 N–H and O–H groups in total. The summed E-state index contributed by atoms with van der Waals surface area (Å²) in [7, 11) is 0. The van der Waals surface area contributed by atoms with Crippen LogP contribution in [0, 0.1) is 6.92 Å². The van der Waals surface area contributed by atoms with Gasteiger partial charge in [-0.05, 0) is 82.5 Å². The molecule has 2 aromatic carbocycles. The molecule has 0 spiro atoms. The molecule has 0 saturated carbocycles. The molecule has 3 rings (SSSR count). The van der Waals surface area contributed by atoms with E-state index in [1.807, 2.05) is 24.3 Å². The van der Waals surface area contributed by atoms with Crippen LogP contribution in [0.1, 0.15) is 92.1 Å². The lowest BCUT2D eigenvalue weighted by Gasteiger charge is -2.42. The molecule has 29 heavy (non-hydrogen) atoms. The molecule has 154 valence electrons. The van der Waals surface area contributed by atoms with Gasteiger partial charge >= 0.3 is 0 Å². The summed E-state index contributed by atoms with van der Waals surface area (Å²) in [6, 6.07) is 12.6. The minimum atomic E-state index is -0.0158. The molecule has 2 nitrogen and oxygen atoms in total. The fourth-order valence-corrected chi connectivity index (χ4v) is 4.37. The molecule has 1 aliphatic rings. The first-order valence-corrected chi connectivity index (χ1v) is 10.8. The zero-order chi connectivity index (χ0) is 21.4. The van der Waals surface area contributed by atoms with Crippen LogP contribution in [0.15, 0.2) is 43.0 Å².